The maximum absolute atomic E-state index is 11.1. The van der Waals surface area contributed by atoms with Gasteiger partial charge in [0.15, 0.2) is 0 Å². The average molecular weight is 1160 g/mol. The molecule has 0 heterocycles. The topological polar surface area (TPSA) is 209 Å². The Morgan fingerprint density at radius 2 is 0.656 bits per heavy atom. The van der Waals surface area contributed by atoms with Crippen LogP contribution in [0.25, 0.3) is 0 Å². The van der Waals surface area contributed by atoms with Crippen molar-refractivity contribution in [2.24, 2.45) is 0 Å². The van der Waals surface area contributed by atoms with Crippen molar-refractivity contribution in [2.45, 2.75) is 13.8 Å². The van der Waals surface area contributed by atoms with Gasteiger partial charge in [0.25, 0.3) is 0 Å². The normalized spacial score (nSPS) is 10.2. The fourth-order valence-corrected chi connectivity index (χ4v) is 12.1. The monoisotopic (exact) mass is 1160 g/mol. The zero-order chi connectivity index (χ0) is 44.3. The molecule has 0 unspecified atom stereocenters. The fourth-order valence-electron chi connectivity index (χ4n) is 4.65. The van der Waals surface area contributed by atoms with Gasteiger partial charge >= 0.3 is 385 Å². The molecule has 6 aromatic carbocycles. The van der Waals surface area contributed by atoms with E-state index < -0.39 is 87.7 Å². The summed E-state index contributed by atoms with van der Waals surface area (Å²) >= 11 is -1.90. The molecule has 0 aliphatic carbocycles. The first kappa shape index (κ1) is 47.8. The molecule has 318 valence electrons. The van der Waals surface area contributed by atoms with E-state index in [1.807, 2.05) is 36.4 Å². The molecule has 0 spiro atoms. The molecule has 0 N–H and O–H groups in total. The van der Waals surface area contributed by atoms with Crippen LogP contribution in [0.3, 0.4) is 0 Å². The van der Waals surface area contributed by atoms with E-state index in [-0.39, 0.29) is 28.6 Å². The number of ether oxygens (including phenoxy) is 4. The second-order valence-corrected chi connectivity index (χ2v) is 20.5. The fraction of sp³-hybridized carbons (Fsp3) is 0.0667. The van der Waals surface area contributed by atoms with Crippen molar-refractivity contribution >= 4 is 36.0 Å². The summed E-state index contributed by atoms with van der Waals surface area (Å²) in [7, 11) is 1.24. The number of benzene rings is 6. The van der Waals surface area contributed by atoms with Gasteiger partial charge in [0.2, 0.25) is 0 Å². The van der Waals surface area contributed by atoms with Gasteiger partial charge in [0, 0.05) is 0 Å². The second kappa shape index (κ2) is 24.4. The van der Waals surface area contributed by atoms with Gasteiger partial charge in [-0.05, 0) is 0 Å². The van der Waals surface area contributed by atoms with Crippen molar-refractivity contribution in [3.63, 3.8) is 0 Å². The van der Waals surface area contributed by atoms with E-state index in [0.717, 1.165) is 21.4 Å². The molecule has 0 aromatic heterocycles. The van der Waals surface area contributed by atoms with E-state index in [1.54, 1.807) is 109 Å². The van der Waals surface area contributed by atoms with E-state index in [2.05, 4.69) is 4.74 Å². The molecule has 0 aliphatic rings. The van der Waals surface area contributed by atoms with Crippen LogP contribution in [0.5, 0.6) is 17.2 Å². The van der Waals surface area contributed by atoms with Crippen LogP contribution in [-0.2, 0) is 14.3 Å². The zero-order valence-corrected chi connectivity index (χ0v) is 38.8. The SMILES string of the molecule is CC(=O)Oc1ccc([I-]c2ccccc2C(=O)[O-])cc1.CC(=O)Oc1ccc([I-]c2ccccc2C(=O)[O-])cc1.COC(=O)Oc1ccc([I-]c2ccccc2C(=O)[O-])cc1. The van der Waals surface area contributed by atoms with Crippen LogP contribution >= 0.6 is 0 Å². The Morgan fingerprint density at radius 1 is 0.393 bits per heavy atom. The molecule has 0 saturated carbocycles. The van der Waals surface area contributed by atoms with Crippen molar-refractivity contribution in [1.82, 2.24) is 0 Å². The molecule has 0 bridgehead atoms. The molecule has 0 amide bonds. The summed E-state index contributed by atoms with van der Waals surface area (Å²) in [4.78, 5) is 65.7. The Hall–Kier alpha value is -5.87. The van der Waals surface area contributed by atoms with E-state index in [4.69, 9.17) is 14.2 Å². The van der Waals surface area contributed by atoms with E-state index in [1.165, 1.54) is 21.0 Å². The van der Waals surface area contributed by atoms with Gasteiger partial charge in [0.05, 0.1) is 0 Å². The van der Waals surface area contributed by atoms with Crippen molar-refractivity contribution in [2.75, 3.05) is 7.11 Å². The number of carboxylic acid groups (broad SMARTS) is 3. The van der Waals surface area contributed by atoms with E-state index in [0.29, 0.717) is 17.2 Å². The number of aromatic carboxylic acids is 3. The first-order valence-corrected chi connectivity index (χ1v) is 24.0. The molecule has 6 aromatic rings. The Bertz CT molecular complexity index is 2360. The van der Waals surface area contributed by atoms with Gasteiger partial charge in [0.1, 0.15) is 0 Å². The van der Waals surface area contributed by atoms with Crippen molar-refractivity contribution in [3.8, 4) is 17.2 Å². The summed E-state index contributed by atoms with van der Waals surface area (Å²) in [5.74, 6) is -2.87. The number of halogens is 3. The predicted octanol–water partition coefficient (Wildman–Crippen LogP) is -5.47. The van der Waals surface area contributed by atoms with Crippen molar-refractivity contribution < 1.29 is 127 Å². The molecule has 0 radical (unpaired) electrons. The number of carboxylic acids is 3. The zero-order valence-electron chi connectivity index (χ0n) is 32.3. The summed E-state index contributed by atoms with van der Waals surface area (Å²) in [5.41, 5.74) is 0.703. The third kappa shape index (κ3) is 16.3. The summed E-state index contributed by atoms with van der Waals surface area (Å²) in [6.45, 7) is 2.69. The van der Waals surface area contributed by atoms with Gasteiger partial charge in [-0.2, -0.15) is 0 Å². The second-order valence-electron chi connectivity index (χ2n) is 11.7. The maximum atomic E-state index is 11.1. The van der Waals surface area contributed by atoms with Gasteiger partial charge in [-0.15, -0.1) is 0 Å². The van der Waals surface area contributed by atoms with Gasteiger partial charge in [-0.25, -0.2) is 0 Å². The summed E-state index contributed by atoms with van der Waals surface area (Å²) in [5, 5.41) is 33.1. The first-order valence-electron chi connectivity index (χ1n) is 17.5. The summed E-state index contributed by atoms with van der Waals surface area (Å²) < 4.78 is 24.6. The van der Waals surface area contributed by atoms with Gasteiger partial charge in [-0.1, -0.05) is 0 Å². The Kier molecular flexibility index (Phi) is 19.1. The third-order valence-electron chi connectivity index (χ3n) is 7.25. The van der Waals surface area contributed by atoms with Gasteiger partial charge in [-0.3, -0.25) is 0 Å². The van der Waals surface area contributed by atoms with E-state index in [9.17, 15) is 44.1 Å². The van der Waals surface area contributed by atoms with Crippen LogP contribution in [0.2, 0.25) is 0 Å². The van der Waals surface area contributed by atoms with Crippen LogP contribution in [-0.4, -0.2) is 43.1 Å². The number of esters is 2. The summed E-state index contributed by atoms with van der Waals surface area (Å²) in [6, 6.07) is 41.6. The van der Waals surface area contributed by atoms with Crippen LogP contribution in [0.1, 0.15) is 44.9 Å². The van der Waals surface area contributed by atoms with Crippen molar-refractivity contribution in [1.29, 1.82) is 0 Å². The van der Waals surface area contributed by atoms with E-state index >= 15 is 0 Å². The van der Waals surface area contributed by atoms with Crippen LogP contribution in [0.15, 0.2) is 146 Å². The van der Waals surface area contributed by atoms with Crippen molar-refractivity contribution in [3.05, 3.63) is 184 Å². The summed E-state index contributed by atoms with van der Waals surface area (Å²) in [6.07, 6.45) is -0.778. The molecule has 16 heteroatoms. The number of hydrogen-bond acceptors (Lipinski definition) is 13. The number of carbonyl (C=O) groups is 6. The number of carbonyl (C=O) groups excluding carboxylic acids is 6. The van der Waals surface area contributed by atoms with Gasteiger partial charge < -0.3 is 0 Å². The number of methoxy groups -OCH3 is 1. The average Bonchev–Trinajstić information content (AvgIpc) is 3.23. The molecule has 13 nitrogen and oxygen atoms in total. The minimum absolute atomic E-state index is 0.222. The molecular weight excluding hydrogens is 1130 g/mol. The Labute approximate surface area is 381 Å². The molecule has 0 saturated heterocycles. The Morgan fingerprint density at radius 3 is 0.902 bits per heavy atom. The Balaban J connectivity index is 0.000000202. The first-order chi connectivity index (χ1) is 29.2. The van der Waals surface area contributed by atoms with Crippen LogP contribution in [0, 0.1) is 21.4 Å². The predicted molar refractivity (Wildman–Crippen MR) is 199 cm³/mol. The number of hydrogen-bond donors (Lipinski definition) is 0. The molecular formula is C45H33I3O13-6. The number of rotatable bonds is 12. The molecule has 0 fully saturated rings. The quantitative estimate of drug-likeness (QED) is 0.0486. The molecule has 0 atom stereocenters. The van der Waals surface area contributed by atoms with Crippen LogP contribution in [0.4, 0.5) is 4.79 Å². The minimum atomic E-state index is -1.17. The van der Waals surface area contributed by atoms with Crippen LogP contribution < -0.4 is 93.1 Å². The standard InChI is InChI=1S/C15H12IO5.2C15H12IO4/c1-20-15(19)21-11-8-6-10(7-9-11)16-13-5-3-2-4-12(13)14(17)18;2*1-10(17)20-12-8-6-11(7-9-12)16-14-5-3-2-4-13(14)15(18)19/h2-9H,1H3,(H,17,18);2*2-9H,1H3,(H,18,19)/q3*-1/p-3. The molecule has 61 heavy (non-hydrogen) atoms. The molecule has 6 rings (SSSR count). The third-order valence-corrected chi connectivity index (χ3v) is 15.8. The molecule has 0 aliphatic heterocycles.